The molecule has 1 aliphatic heterocycles. The number of nitrogens with zero attached hydrogens (tertiary/aromatic N) is 4. The van der Waals surface area contributed by atoms with Gasteiger partial charge < -0.3 is 0 Å². The molecule has 0 N–H and O–H groups in total. The van der Waals surface area contributed by atoms with Crippen LogP contribution in [-0.4, -0.2) is 33.0 Å². The van der Waals surface area contributed by atoms with Crippen molar-refractivity contribution in [3.63, 3.8) is 0 Å². The van der Waals surface area contributed by atoms with Crippen LogP contribution < -0.4 is 0 Å². The number of para-hydroxylation sites is 1. The summed E-state index contributed by atoms with van der Waals surface area (Å²) in [5.74, 6) is 0.628. The van der Waals surface area contributed by atoms with E-state index < -0.39 is 0 Å². The Labute approximate surface area is 134 Å². The summed E-state index contributed by atoms with van der Waals surface area (Å²) in [7, 11) is 2.11. The van der Waals surface area contributed by atoms with Crippen LogP contribution >= 0.6 is 0 Å². The first-order valence-electron chi connectivity index (χ1n) is 8.04. The molecule has 0 aliphatic carbocycles. The lowest BCUT2D eigenvalue weighted by Gasteiger charge is -2.32. The Morgan fingerprint density at radius 2 is 2.00 bits per heavy atom. The van der Waals surface area contributed by atoms with Crippen LogP contribution in [0.4, 0.5) is 4.39 Å². The van der Waals surface area contributed by atoms with Crippen LogP contribution in [0.1, 0.15) is 31.1 Å². The molecule has 1 unspecified atom stereocenters. The van der Waals surface area contributed by atoms with Gasteiger partial charge in [-0.3, -0.25) is 9.47 Å². The molecule has 0 bridgehead atoms. The second-order valence-corrected chi connectivity index (χ2v) is 6.10. The third-order valence-electron chi connectivity index (χ3n) is 4.60. The largest absolute Gasteiger partial charge is 0.297 e. The fraction of sp³-hybridized carbons (Fsp3) is 0.333. The molecular formula is C18H19FN4. The summed E-state index contributed by atoms with van der Waals surface area (Å²) in [6.45, 7) is 1.04. The molecular weight excluding hydrogens is 291 g/mol. The Morgan fingerprint density at radius 3 is 2.83 bits per heavy atom. The van der Waals surface area contributed by atoms with Gasteiger partial charge in [0.05, 0.1) is 11.7 Å². The number of imidazole rings is 1. The average Bonchev–Trinajstić information content (AvgIpc) is 2.95. The van der Waals surface area contributed by atoms with E-state index >= 15 is 0 Å². The highest BCUT2D eigenvalue weighted by atomic mass is 19.1. The molecule has 0 amide bonds. The van der Waals surface area contributed by atoms with Gasteiger partial charge in [-0.05, 0) is 50.7 Å². The summed E-state index contributed by atoms with van der Waals surface area (Å²) in [5, 5.41) is 0. The molecule has 1 atom stereocenters. The minimum absolute atomic E-state index is 0.192. The van der Waals surface area contributed by atoms with Crippen LogP contribution in [-0.2, 0) is 0 Å². The van der Waals surface area contributed by atoms with Crippen LogP contribution in [0, 0.1) is 5.82 Å². The summed E-state index contributed by atoms with van der Waals surface area (Å²) in [5.41, 5.74) is 2.04. The molecule has 3 heterocycles. The predicted molar refractivity (Wildman–Crippen MR) is 88.0 cm³/mol. The highest BCUT2D eigenvalue weighted by Gasteiger charge is 2.28. The van der Waals surface area contributed by atoms with Crippen LogP contribution in [0.2, 0.25) is 0 Å². The number of hydrogen-bond acceptors (Lipinski definition) is 3. The van der Waals surface area contributed by atoms with Gasteiger partial charge in [0.1, 0.15) is 17.2 Å². The molecule has 4 nitrogen and oxygen atoms in total. The Balaban J connectivity index is 1.97. The van der Waals surface area contributed by atoms with E-state index in [4.69, 9.17) is 4.98 Å². The minimum atomic E-state index is -0.253. The molecule has 1 aliphatic rings. The van der Waals surface area contributed by atoms with Crippen molar-refractivity contribution >= 4 is 11.2 Å². The van der Waals surface area contributed by atoms with E-state index in [9.17, 15) is 4.39 Å². The second kappa shape index (κ2) is 5.74. The number of likely N-dealkylation sites (tertiary alicyclic amines) is 1. The summed E-state index contributed by atoms with van der Waals surface area (Å²) < 4.78 is 16.3. The van der Waals surface area contributed by atoms with Crippen LogP contribution in [0.15, 0.2) is 42.6 Å². The topological polar surface area (TPSA) is 34.0 Å². The summed E-state index contributed by atoms with van der Waals surface area (Å²) in [6, 6.07) is 10.8. The Kier molecular flexibility index (Phi) is 3.58. The fourth-order valence-corrected chi connectivity index (χ4v) is 3.43. The molecule has 0 radical (unpaired) electrons. The predicted octanol–water partition coefficient (Wildman–Crippen LogP) is 3.72. The fourth-order valence-electron chi connectivity index (χ4n) is 3.43. The van der Waals surface area contributed by atoms with Crippen molar-refractivity contribution in [2.24, 2.45) is 0 Å². The molecule has 0 spiro atoms. The van der Waals surface area contributed by atoms with E-state index in [0.29, 0.717) is 11.3 Å². The van der Waals surface area contributed by atoms with Gasteiger partial charge in [-0.15, -0.1) is 0 Å². The number of rotatable bonds is 2. The lowest BCUT2D eigenvalue weighted by atomic mass is 10.0. The number of benzene rings is 1. The summed E-state index contributed by atoms with van der Waals surface area (Å²) in [4.78, 5) is 11.6. The van der Waals surface area contributed by atoms with Crippen molar-refractivity contribution in [1.29, 1.82) is 0 Å². The first-order chi connectivity index (χ1) is 11.3. The molecule has 23 heavy (non-hydrogen) atoms. The molecule has 118 valence electrons. The van der Waals surface area contributed by atoms with Gasteiger partial charge in [-0.2, -0.15) is 0 Å². The standard InChI is InChI=1S/C18H19FN4/c1-22-12-5-4-10-16(22)18-21-14-8-6-11-20-17(14)23(18)15-9-3-2-7-13(15)19/h2-3,6-9,11,16H,4-5,10,12H2,1H3. The van der Waals surface area contributed by atoms with Gasteiger partial charge >= 0.3 is 0 Å². The number of aromatic nitrogens is 3. The quantitative estimate of drug-likeness (QED) is 0.723. The normalized spacial score (nSPS) is 19.3. The second-order valence-electron chi connectivity index (χ2n) is 6.10. The van der Waals surface area contributed by atoms with Gasteiger partial charge in [-0.1, -0.05) is 18.6 Å². The third-order valence-corrected chi connectivity index (χ3v) is 4.60. The molecule has 1 fully saturated rings. The zero-order valence-corrected chi connectivity index (χ0v) is 13.1. The molecule has 5 heteroatoms. The van der Waals surface area contributed by atoms with Gasteiger partial charge in [-0.25, -0.2) is 14.4 Å². The van der Waals surface area contributed by atoms with Crippen molar-refractivity contribution < 1.29 is 4.39 Å². The Hall–Kier alpha value is -2.27. The number of fused-ring (bicyclic) bond motifs is 1. The van der Waals surface area contributed by atoms with Crippen LogP contribution in [0.5, 0.6) is 0 Å². The van der Waals surface area contributed by atoms with Gasteiger partial charge in [0.25, 0.3) is 0 Å². The Bertz CT molecular complexity index is 842. The minimum Gasteiger partial charge on any atom is -0.297 e. The summed E-state index contributed by atoms with van der Waals surface area (Å²) >= 11 is 0. The van der Waals surface area contributed by atoms with E-state index in [1.165, 1.54) is 18.9 Å². The zero-order valence-electron chi connectivity index (χ0n) is 13.1. The van der Waals surface area contributed by atoms with E-state index in [0.717, 1.165) is 24.3 Å². The summed E-state index contributed by atoms with van der Waals surface area (Å²) in [6.07, 6.45) is 5.14. The number of hydrogen-bond donors (Lipinski definition) is 0. The smallest absolute Gasteiger partial charge is 0.164 e. The number of pyridine rings is 1. The van der Waals surface area contributed by atoms with Crippen molar-refractivity contribution in [1.82, 2.24) is 19.4 Å². The molecule has 0 saturated carbocycles. The number of halogens is 1. The maximum atomic E-state index is 14.4. The number of piperidine rings is 1. The SMILES string of the molecule is CN1CCCCC1c1nc2cccnc2n1-c1ccccc1F. The van der Waals surface area contributed by atoms with Gasteiger partial charge in [0.2, 0.25) is 0 Å². The molecule has 2 aromatic heterocycles. The van der Waals surface area contributed by atoms with E-state index in [1.54, 1.807) is 18.3 Å². The first kappa shape index (κ1) is 14.3. The van der Waals surface area contributed by atoms with Crippen molar-refractivity contribution in [2.45, 2.75) is 25.3 Å². The lowest BCUT2D eigenvalue weighted by Crippen LogP contribution is -2.31. The lowest BCUT2D eigenvalue weighted by molar-refractivity contribution is 0.178. The van der Waals surface area contributed by atoms with Crippen molar-refractivity contribution in [3.8, 4) is 5.69 Å². The Morgan fingerprint density at radius 1 is 1.13 bits per heavy atom. The van der Waals surface area contributed by atoms with Gasteiger partial charge in [0.15, 0.2) is 5.65 Å². The van der Waals surface area contributed by atoms with Gasteiger partial charge in [0, 0.05) is 6.20 Å². The molecule has 1 aromatic carbocycles. The van der Waals surface area contributed by atoms with Crippen LogP contribution in [0.3, 0.4) is 0 Å². The van der Waals surface area contributed by atoms with E-state index in [1.807, 2.05) is 22.8 Å². The molecule has 4 rings (SSSR count). The van der Waals surface area contributed by atoms with E-state index in [2.05, 4.69) is 16.9 Å². The highest BCUT2D eigenvalue weighted by Crippen LogP contribution is 2.33. The monoisotopic (exact) mass is 310 g/mol. The third kappa shape index (κ3) is 2.41. The van der Waals surface area contributed by atoms with Crippen molar-refractivity contribution in [2.75, 3.05) is 13.6 Å². The zero-order chi connectivity index (χ0) is 15.8. The van der Waals surface area contributed by atoms with Crippen molar-refractivity contribution in [3.05, 3.63) is 54.2 Å². The average molecular weight is 310 g/mol. The maximum absolute atomic E-state index is 14.4. The van der Waals surface area contributed by atoms with Crippen LogP contribution in [0.25, 0.3) is 16.9 Å². The first-order valence-corrected chi connectivity index (χ1v) is 8.04. The highest BCUT2D eigenvalue weighted by molar-refractivity contribution is 5.74. The maximum Gasteiger partial charge on any atom is 0.164 e. The molecule has 1 saturated heterocycles. The molecule has 3 aromatic rings. The van der Waals surface area contributed by atoms with E-state index in [-0.39, 0.29) is 11.9 Å².